The van der Waals surface area contributed by atoms with Gasteiger partial charge in [-0.3, -0.25) is 0 Å². The fourth-order valence-corrected chi connectivity index (χ4v) is 0.819. The van der Waals surface area contributed by atoms with Crippen LogP contribution in [0.2, 0.25) is 0 Å². The molecule has 0 saturated heterocycles. The van der Waals surface area contributed by atoms with E-state index in [1.54, 1.807) is 6.26 Å². The Morgan fingerprint density at radius 1 is 1.30 bits per heavy atom. The molecule has 5 heteroatoms. The van der Waals surface area contributed by atoms with Gasteiger partial charge in [-0.05, 0) is 6.26 Å². The zero-order valence-electron chi connectivity index (χ0n) is 5.14. The minimum Gasteiger partial charge on any atom is -0.193 e. The van der Waals surface area contributed by atoms with E-state index in [-0.39, 0.29) is 5.16 Å². The summed E-state index contributed by atoms with van der Waals surface area (Å²) < 4.78 is 24.4. The lowest BCUT2D eigenvalue weighted by Gasteiger charge is -1.92. The molecule has 0 atom stereocenters. The van der Waals surface area contributed by atoms with Crippen molar-refractivity contribution in [3.63, 3.8) is 0 Å². The summed E-state index contributed by atoms with van der Waals surface area (Å²) in [6.07, 6.45) is 1.65. The van der Waals surface area contributed by atoms with E-state index in [2.05, 4.69) is 9.97 Å². The summed E-state index contributed by atoms with van der Waals surface area (Å²) in [5.74, 6) is -1.67. The van der Waals surface area contributed by atoms with Crippen LogP contribution in [0.25, 0.3) is 0 Å². The van der Waals surface area contributed by atoms with Crippen LogP contribution in [0.15, 0.2) is 11.2 Å². The van der Waals surface area contributed by atoms with Gasteiger partial charge in [0.25, 0.3) is 0 Å². The van der Waals surface area contributed by atoms with Crippen LogP contribution in [0.3, 0.4) is 0 Å². The molecule has 0 fully saturated rings. The molecule has 0 aliphatic heterocycles. The van der Waals surface area contributed by atoms with Crippen molar-refractivity contribution in [3.8, 4) is 0 Å². The van der Waals surface area contributed by atoms with Gasteiger partial charge in [0, 0.05) is 6.07 Å². The van der Waals surface area contributed by atoms with Crippen molar-refractivity contribution in [2.75, 3.05) is 6.26 Å². The quantitative estimate of drug-likeness (QED) is 0.355. The van der Waals surface area contributed by atoms with E-state index < -0.39 is 11.9 Å². The number of halogens is 2. The minimum absolute atomic E-state index is 0.109. The monoisotopic (exact) mass is 162 g/mol. The highest BCUT2D eigenvalue weighted by molar-refractivity contribution is 7.98. The second-order valence-corrected chi connectivity index (χ2v) is 2.27. The second kappa shape index (κ2) is 2.92. The maximum absolute atomic E-state index is 12.2. The van der Waals surface area contributed by atoms with Gasteiger partial charge in [0.05, 0.1) is 0 Å². The first kappa shape index (κ1) is 7.40. The molecule has 54 valence electrons. The molecular weight excluding hydrogens is 158 g/mol. The van der Waals surface area contributed by atoms with Crippen LogP contribution in [0, 0.1) is 11.9 Å². The van der Waals surface area contributed by atoms with Crippen molar-refractivity contribution in [2.24, 2.45) is 0 Å². The Hall–Kier alpha value is -0.710. The first-order chi connectivity index (χ1) is 4.72. The summed E-state index contributed by atoms with van der Waals surface area (Å²) in [5.41, 5.74) is 0. The number of hydrogen-bond acceptors (Lipinski definition) is 3. The first-order valence-electron chi connectivity index (χ1n) is 2.46. The summed E-state index contributed by atoms with van der Waals surface area (Å²) >= 11 is 1.09. The molecule has 1 aromatic heterocycles. The van der Waals surface area contributed by atoms with Crippen LogP contribution in [0.1, 0.15) is 0 Å². The van der Waals surface area contributed by atoms with Crippen molar-refractivity contribution in [3.05, 3.63) is 18.0 Å². The predicted octanol–water partition coefficient (Wildman–Crippen LogP) is 1.48. The van der Waals surface area contributed by atoms with E-state index in [1.807, 2.05) is 0 Å². The summed E-state index contributed by atoms with van der Waals surface area (Å²) in [6.45, 7) is 0. The van der Waals surface area contributed by atoms with E-state index in [4.69, 9.17) is 0 Å². The summed E-state index contributed by atoms with van der Waals surface area (Å²) in [4.78, 5) is 6.60. The molecule has 0 unspecified atom stereocenters. The average molecular weight is 162 g/mol. The maximum Gasteiger partial charge on any atom is 0.219 e. The third-order valence-corrected chi connectivity index (χ3v) is 1.37. The Labute approximate surface area is 60.7 Å². The Morgan fingerprint density at radius 3 is 2.20 bits per heavy atom. The van der Waals surface area contributed by atoms with Gasteiger partial charge in [-0.15, -0.1) is 0 Å². The van der Waals surface area contributed by atoms with Crippen molar-refractivity contribution < 1.29 is 8.78 Å². The third-order valence-electron chi connectivity index (χ3n) is 0.826. The Balaban J connectivity index is 3.06. The van der Waals surface area contributed by atoms with Gasteiger partial charge in [-0.25, -0.2) is 0 Å². The first-order valence-corrected chi connectivity index (χ1v) is 3.69. The molecule has 1 heterocycles. The number of rotatable bonds is 1. The fourth-order valence-electron chi connectivity index (χ4n) is 0.462. The second-order valence-electron chi connectivity index (χ2n) is 1.50. The molecule has 0 spiro atoms. The summed E-state index contributed by atoms with van der Waals surface area (Å²) in [5, 5.41) is 0.109. The Kier molecular flexibility index (Phi) is 2.16. The highest BCUT2D eigenvalue weighted by atomic mass is 32.2. The zero-order chi connectivity index (χ0) is 7.56. The van der Waals surface area contributed by atoms with Crippen molar-refractivity contribution in [1.82, 2.24) is 9.97 Å². The summed E-state index contributed by atoms with van der Waals surface area (Å²) in [6, 6.07) is 0.639. The van der Waals surface area contributed by atoms with Gasteiger partial charge in [-0.2, -0.15) is 18.7 Å². The van der Waals surface area contributed by atoms with Gasteiger partial charge in [0.15, 0.2) is 5.16 Å². The van der Waals surface area contributed by atoms with Gasteiger partial charge in [-0.1, -0.05) is 11.8 Å². The molecule has 1 rings (SSSR count). The molecule has 0 aromatic carbocycles. The van der Waals surface area contributed by atoms with Crippen molar-refractivity contribution >= 4 is 11.8 Å². The molecular formula is C5H4F2N2S. The lowest BCUT2D eigenvalue weighted by Crippen LogP contribution is -1.92. The maximum atomic E-state index is 12.2. The number of thioether (sulfide) groups is 1. The van der Waals surface area contributed by atoms with Crippen LogP contribution in [0.5, 0.6) is 0 Å². The summed E-state index contributed by atoms with van der Waals surface area (Å²) in [7, 11) is 0. The van der Waals surface area contributed by atoms with Crippen LogP contribution in [-0.2, 0) is 0 Å². The van der Waals surface area contributed by atoms with Gasteiger partial charge in [0.2, 0.25) is 11.9 Å². The van der Waals surface area contributed by atoms with Crippen LogP contribution < -0.4 is 0 Å². The molecule has 0 amide bonds. The van der Waals surface area contributed by atoms with Gasteiger partial charge < -0.3 is 0 Å². The third kappa shape index (κ3) is 1.63. The molecule has 1 aromatic rings. The van der Waals surface area contributed by atoms with E-state index in [0.717, 1.165) is 11.8 Å². The molecule has 10 heavy (non-hydrogen) atoms. The number of hydrogen-bond donors (Lipinski definition) is 0. The SMILES string of the molecule is CSc1nc(F)cc(F)n1. The zero-order valence-corrected chi connectivity index (χ0v) is 5.95. The average Bonchev–Trinajstić information content (AvgIpc) is 1.85. The minimum atomic E-state index is -0.836. The molecule has 0 bridgehead atoms. The van der Waals surface area contributed by atoms with E-state index in [9.17, 15) is 8.78 Å². The highest BCUT2D eigenvalue weighted by Gasteiger charge is 2.00. The lowest BCUT2D eigenvalue weighted by molar-refractivity contribution is 0.502. The van der Waals surface area contributed by atoms with E-state index in [1.165, 1.54) is 0 Å². The van der Waals surface area contributed by atoms with Crippen molar-refractivity contribution in [1.29, 1.82) is 0 Å². The normalized spacial score (nSPS) is 9.90. The number of aromatic nitrogens is 2. The molecule has 0 aliphatic rings. The van der Waals surface area contributed by atoms with E-state index >= 15 is 0 Å². The van der Waals surface area contributed by atoms with Gasteiger partial charge >= 0.3 is 0 Å². The molecule has 0 saturated carbocycles. The van der Waals surface area contributed by atoms with Crippen LogP contribution >= 0.6 is 11.8 Å². The largest absolute Gasteiger partial charge is 0.219 e. The van der Waals surface area contributed by atoms with E-state index in [0.29, 0.717) is 6.07 Å². The predicted molar refractivity (Wildman–Crippen MR) is 33.7 cm³/mol. The molecule has 0 aliphatic carbocycles. The Morgan fingerprint density at radius 2 is 1.80 bits per heavy atom. The number of nitrogens with zero attached hydrogens (tertiary/aromatic N) is 2. The highest BCUT2D eigenvalue weighted by Crippen LogP contribution is 2.08. The molecule has 0 radical (unpaired) electrons. The smallest absolute Gasteiger partial charge is 0.193 e. The Bertz CT molecular complexity index is 221. The van der Waals surface area contributed by atoms with Crippen molar-refractivity contribution in [2.45, 2.75) is 5.16 Å². The van der Waals surface area contributed by atoms with Crippen LogP contribution in [-0.4, -0.2) is 16.2 Å². The topological polar surface area (TPSA) is 25.8 Å². The standard InChI is InChI=1S/C5H4F2N2S/c1-10-5-8-3(6)2-4(7)9-5/h2H,1H3. The van der Waals surface area contributed by atoms with Crippen LogP contribution in [0.4, 0.5) is 8.78 Å². The van der Waals surface area contributed by atoms with Gasteiger partial charge in [0.1, 0.15) is 0 Å². The lowest BCUT2D eigenvalue weighted by atomic mass is 10.6. The molecule has 0 N–H and O–H groups in total. The fraction of sp³-hybridized carbons (Fsp3) is 0.200. The molecule has 2 nitrogen and oxygen atoms in total.